The molecule has 0 bridgehead atoms. The average molecular weight is 454 g/mol. The van der Waals surface area contributed by atoms with E-state index in [1.165, 1.54) is 0 Å². The minimum atomic E-state index is -4.85. The first-order valence-electron chi connectivity index (χ1n) is 10.8. The fraction of sp³-hybridized carbons (Fsp3) is 0.727. The van der Waals surface area contributed by atoms with Gasteiger partial charge in [0.25, 0.3) is 0 Å². The standard InChI is InChI=1S/C22H31O8P/c1-12-8-14-15-5-7-22(26,18(25)11-30-31(27,28)29)21(15,3)10-17(24)19(14)20(2)6-4-13(23)9-16(12)20/h4,6,9,12,14-15,17,19,24,26H,5,7-8,10-11H2,1-3H3,(H2,27,28,29)/t12-,14+,15+,17?,19+,20-,21+,22+/m1/s1. The van der Waals surface area contributed by atoms with Crippen molar-refractivity contribution in [3.8, 4) is 0 Å². The third-order valence-corrected chi connectivity index (χ3v) is 9.26. The van der Waals surface area contributed by atoms with E-state index in [2.05, 4.69) is 18.4 Å². The molecule has 4 aliphatic carbocycles. The van der Waals surface area contributed by atoms with E-state index >= 15 is 0 Å². The molecule has 1 unspecified atom stereocenters. The zero-order valence-corrected chi connectivity index (χ0v) is 18.9. The Kier molecular flexibility index (Phi) is 5.33. The fourth-order valence-electron chi connectivity index (χ4n) is 7.47. The van der Waals surface area contributed by atoms with Gasteiger partial charge in [-0.25, -0.2) is 4.57 Å². The van der Waals surface area contributed by atoms with E-state index in [9.17, 15) is 24.4 Å². The number of phosphoric ester groups is 1. The van der Waals surface area contributed by atoms with Crippen molar-refractivity contribution in [1.82, 2.24) is 0 Å². The molecule has 0 aromatic rings. The normalized spacial score (nSPS) is 46.7. The number of carbonyl (C=O) groups is 2. The van der Waals surface area contributed by atoms with E-state index in [1.54, 1.807) is 19.1 Å². The smallest absolute Gasteiger partial charge is 0.393 e. The molecule has 4 rings (SSSR count). The summed E-state index contributed by atoms with van der Waals surface area (Å²) in [5.41, 5.74) is -2.19. The maximum absolute atomic E-state index is 12.9. The van der Waals surface area contributed by atoms with E-state index in [4.69, 9.17) is 9.79 Å². The van der Waals surface area contributed by atoms with Crippen molar-refractivity contribution in [1.29, 1.82) is 0 Å². The van der Waals surface area contributed by atoms with Crippen molar-refractivity contribution in [2.75, 3.05) is 6.61 Å². The molecular weight excluding hydrogens is 423 g/mol. The molecule has 3 saturated carbocycles. The summed E-state index contributed by atoms with van der Waals surface area (Å²) in [7, 11) is -4.85. The van der Waals surface area contributed by atoms with Gasteiger partial charge in [-0.05, 0) is 55.6 Å². The fourth-order valence-corrected chi connectivity index (χ4v) is 7.76. The van der Waals surface area contributed by atoms with Crippen LogP contribution in [0.25, 0.3) is 0 Å². The van der Waals surface area contributed by atoms with E-state index in [0.717, 1.165) is 12.0 Å². The third-order valence-electron chi connectivity index (χ3n) is 8.79. The summed E-state index contributed by atoms with van der Waals surface area (Å²) in [6.45, 7) is 5.06. The lowest BCUT2D eigenvalue weighted by molar-refractivity contribution is -0.180. The second-order valence-corrected chi connectivity index (χ2v) is 11.6. The quantitative estimate of drug-likeness (QED) is 0.472. The highest BCUT2D eigenvalue weighted by molar-refractivity contribution is 7.46. The number of aliphatic hydroxyl groups is 2. The van der Waals surface area contributed by atoms with Crippen LogP contribution in [-0.2, 0) is 18.7 Å². The van der Waals surface area contributed by atoms with Gasteiger partial charge in [0, 0.05) is 16.7 Å². The minimum absolute atomic E-state index is 0.0354. The van der Waals surface area contributed by atoms with Crippen LogP contribution in [0.5, 0.6) is 0 Å². The highest BCUT2D eigenvalue weighted by Crippen LogP contribution is 2.67. The molecule has 8 nitrogen and oxygen atoms in total. The Morgan fingerprint density at radius 3 is 2.65 bits per heavy atom. The highest BCUT2D eigenvalue weighted by Gasteiger charge is 2.68. The maximum atomic E-state index is 12.9. The van der Waals surface area contributed by atoms with Crippen molar-refractivity contribution in [3.63, 3.8) is 0 Å². The van der Waals surface area contributed by atoms with Gasteiger partial charge < -0.3 is 20.0 Å². The molecule has 0 saturated heterocycles. The Bertz CT molecular complexity index is 920. The van der Waals surface area contributed by atoms with E-state index in [1.807, 2.05) is 6.08 Å². The first kappa shape index (κ1) is 23.0. The lowest BCUT2D eigenvalue weighted by Crippen LogP contribution is -2.62. The van der Waals surface area contributed by atoms with E-state index < -0.39 is 42.7 Å². The number of rotatable bonds is 4. The monoisotopic (exact) mass is 454 g/mol. The maximum Gasteiger partial charge on any atom is 0.470 e. The van der Waals surface area contributed by atoms with Gasteiger partial charge in [-0.15, -0.1) is 0 Å². The van der Waals surface area contributed by atoms with Crippen LogP contribution in [0.4, 0.5) is 0 Å². The summed E-state index contributed by atoms with van der Waals surface area (Å²) in [5.74, 6) is -0.826. The molecule has 0 spiro atoms. The number of Topliss-reactive ketones (excluding diaryl/α,β-unsaturated/α-hetero) is 1. The van der Waals surface area contributed by atoms with Gasteiger partial charge in [-0.3, -0.25) is 14.1 Å². The van der Waals surface area contributed by atoms with Crippen LogP contribution in [0.3, 0.4) is 0 Å². The molecule has 31 heavy (non-hydrogen) atoms. The van der Waals surface area contributed by atoms with Gasteiger partial charge in [-0.2, -0.15) is 0 Å². The lowest BCUT2D eigenvalue weighted by atomic mass is 9.45. The largest absolute Gasteiger partial charge is 0.470 e. The minimum Gasteiger partial charge on any atom is -0.393 e. The van der Waals surface area contributed by atoms with Crippen LogP contribution in [0.2, 0.25) is 0 Å². The second kappa shape index (κ2) is 7.17. The average Bonchev–Trinajstić information content (AvgIpc) is 2.92. The van der Waals surface area contributed by atoms with Crippen molar-refractivity contribution >= 4 is 19.4 Å². The Morgan fingerprint density at radius 2 is 2.00 bits per heavy atom. The van der Waals surface area contributed by atoms with Gasteiger partial charge in [0.2, 0.25) is 0 Å². The number of phosphoric acid groups is 1. The van der Waals surface area contributed by atoms with Gasteiger partial charge in [-0.1, -0.05) is 32.4 Å². The van der Waals surface area contributed by atoms with Gasteiger partial charge in [0.1, 0.15) is 12.2 Å². The molecule has 0 aromatic heterocycles. The highest BCUT2D eigenvalue weighted by atomic mass is 31.2. The molecule has 172 valence electrons. The lowest BCUT2D eigenvalue weighted by Gasteiger charge is -2.60. The molecule has 9 heteroatoms. The van der Waals surface area contributed by atoms with Crippen LogP contribution < -0.4 is 0 Å². The molecule has 0 aliphatic heterocycles. The predicted molar refractivity (Wildman–Crippen MR) is 111 cm³/mol. The number of hydrogen-bond acceptors (Lipinski definition) is 6. The van der Waals surface area contributed by atoms with Crippen LogP contribution in [-0.4, -0.2) is 49.9 Å². The number of hydrogen-bond donors (Lipinski definition) is 4. The van der Waals surface area contributed by atoms with Gasteiger partial charge >= 0.3 is 7.82 Å². The SMILES string of the molecule is C[C@@H]1C[C@@H]2[C@@H](C(O)C[C@@]3(C)[C@H]2CC[C@]3(O)C(=O)COP(=O)(O)O)[C@]2(C)C=CC(=O)C=C12. The number of allylic oxidation sites excluding steroid dienone is 4. The van der Waals surface area contributed by atoms with Crippen LogP contribution >= 0.6 is 7.82 Å². The van der Waals surface area contributed by atoms with Crippen molar-refractivity contribution in [3.05, 3.63) is 23.8 Å². The van der Waals surface area contributed by atoms with Crippen LogP contribution in [0.15, 0.2) is 23.8 Å². The summed E-state index contributed by atoms with van der Waals surface area (Å²) < 4.78 is 15.4. The van der Waals surface area contributed by atoms with E-state index in [0.29, 0.717) is 6.42 Å². The Hall–Kier alpha value is -1.15. The Morgan fingerprint density at radius 1 is 1.32 bits per heavy atom. The molecular formula is C22H31O8P. The Balaban J connectivity index is 1.68. The molecule has 3 fully saturated rings. The number of aliphatic hydroxyl groups excluding tert-OH is 1. The molecule has 0 heterocycles. The molecule has 0 aromatic carbocycles. The summed E-state index contributed by atoms with van der Waals surface area (Å²) >= 11 is 0. The second-order valence-electron chi connectivity index (χ2n) is 10.3. The summed E-state index contributed by atoms with van der Waals surface area (Å²) in [6.07, 6.45) is 6.03. The van der Waals surface area contributed by atoms with E-state index in [-0.39, 0.29) is 42.3 Å². The third kappa shape index (κ3) is 3.35. The predicted octanol–water partition coefficient (Wildman–Crippen LogP) is 1.92. The number of fused-ring (bicyclic) bond motifs is 5. The number of carbonyl (C=O) groups excluding carboxylic acids is 2. The van der Waals surface area contributed by atoms with Gasteiger partial charge in [0.05, 0.1) is 6.10 Å². The molecule has 4 aliphatic rings. The molecule has 8 atom stereocenters. The van der Waals surface area contributed by atoms with Crippen LogP contribution in [0.1, 0.15) is 46.5 Å². The van der Waals surface area contributed by atoms with Crippen molar-refractivity contribution in [2.45, 2.75) is 58.2 Å². The molecule has 0 radical (unpaired) electrons. The number of ketones is 2. The van der Waals surface area contributed by atoms with Gasteiger partial charge in [0.15, 0.2) is 11.6 Å². The summed E-state index contributed by atoms with van der Waals surface area (Å²) in [6, 6.07) is 0. The molecule has 0 amide bonds. The first-order valence-corrected chi connectivity index (χ1v) is 12.3. The Labute approximate surface area is 181 Å². The van der Waals surface area contributed by atoms with Crippen molar-refractivity contribution < 1.29 is 38.7 Å². The molecule has 4 N–H and O–H groups in total. The van der Waals surface area contributed by atoms with Crippen molar-refractivity contribution in [2.24, 2.45) is 34.5 Å². The zero-order valence-electron chi connectivity index (χ0n) is 18.0. The topological polar surface area (TPSA) is 141 Å². The van der Waals surface area contributed by atoms with Crippen LogP contribution in [0, 0.1) is 34.5 Å². The zero-order chi connectivity index (χ0) is 23.0. The summed E-state index contributed by atoms with van der Waals surface area (Å²) in [4.78, 5) is 42.8. The summed E-state index contributed by atoms with van der Waals surface area (Å²) in [5, 5.41) is 22.8. The first-order chi connectivity index (χ1) is 14.2.